The van der Waals surface area contributed by atoms with Gasteiger partial charge in [0.1, 0.15) is 5.00 Å². The molecule has 0 saturated heterocycles. The summed E-state index contributed by atoms with van der Waals surface area (Å²) in [5.41, 5.74) is 0.412. The van der Waals surface area contributed by atoms with Crippen LogP contribution in [0.5, 0.6) is 0 Å². The SMILES string of the molecule is CC(F)(F)COC(=O)NC(=O)c1ccsc1NC(=O)c1nc2ncccc2s1. The number of imide groups is 1. The Kier molecular flexibility index (Phi) is 5.61. The molecule has 3 amide bonds. The minimum atomic E-state index is -3.21. The van der Waals surface area contributed by atoms with Gasteiger partial charge in [-0.2, -0.15) is 0 Å². The van der Waals surface area contributed by atoms with Crippen molar-refractivity contribution in [2.24, 2.45) is 0 Å². The van der Waals surface area contributed by atoms with Crippen LogP contribution in [0, 0.1) is 0 Å². The van der Waals surface area contributed by atoms with Gasteiger partial charge < -0.3 is 10.1 Å². The second-order valence-corrected chi connectivity index (χ2v) is 7.51. The number of carbonyl (C=O) groups excluding carboxylic acids is 3. The van der Waals surface area contributed by atoms with Crippen LogP contribution >= 0.6 is 22.7 Å². The molecular weight excluding hydrogens is 414 g/mol. The Morgan fingerprint density at radius 1 is 1.25 bits per heavy atom. The molecule has 3 rings (SSSR count). The molecule has 0 fully saturated rings. The molecule has 0 aromatic carbocycles. The Hall–Kier alpha value is -2.99. The van der Waals surface area contributed by atoms with Crippen molar-refractivity contribution in [3.05, 3.63) is 40.3 Å². The summed E-state index contributed by atoms with van der Waals surface area (Å²) in [5, 5.41) is 6.22. The normalized spacial score (nSPS) is 11.2. The zero-order chi connectivity index (χ0) is 20.3. The number of thiophene rings is 1. The lowest BCUT2D eigenvalue weighted by Gasteiger charge is -2.11. The Morgan fingerprint density at radius 3 is 2.75 bits per heavy atom. The number of alkyl carbamates (subject to hydrolysis) is 1. The Bertz CT molecular complexity index is 1010. The number of anilines is 1. The zero-order valence-electron chi connectivity index (χ0n) is 14.2. The molecule has 3 heterocycles. The summed E-state index contributed by atoms with van der Waals surface area (Å²) in [6.07, 6.45) is 0.242. The van der Waals surface area contributed by atoms with Crippen LogP contribution < -0.4 is 10.6 Å². The number of amides is 3. The third-order valence-electron chi connectivity index (χ3n) is 3.17. The van der Waals surface area contributed by atoms with Crippen molar-refractivity contribution >= 4 is 55.9 Å². The summed E-state index contributed by atoms with van der Waals surface area (Å²) < 4.78 is 30.4. The standard InChI is InChI=1S/C16H12F2N4O4S2/c1-16(17,18)7-26-15(25)22-11(23)8-4-6-27-13(8)21-12(24)14-20-10-9(28-14)3-2-5-19-10/h2-6H,7H2,1H3,(H,21,24)(H,22,23,25). The first-order valence-electron chi connectivity index (χ1n) is 7.69. The maximum atomic E-state index is 12.7. The lowest BCUT2D eigenvalue weighted by molar-refractivity contribution is -0.0382. The van der Waals surface area contributed by atoms with Crippen LogP contribution in [0.15, 0.2) is 29.8 Å². The smallest absolute Gasteiger partial charge is 0.414 e. The number of nitrogens with zero attached hydrogens (tertiary/aromatic N) is 2. The summed E-state index contributed by atoms with van der Waals surface area (Å²) >= 11 is 2.18. The average molecular weight is 426 g/mol. The summed E-state index contributed by atoms with van der Waals surface area (Å²) in [6.45, 7) is -0.586. The van der Waals surface area contributed by atoms with Crippen LogP contribution in [-0.2, 0) is 4.74 Å². The molecule has 146 valence electrons. The number of nitrogens with one attached hydrogen (secondary N) is 2. The molecule has 28 heavy (non-hydrogen) atoms. The van der Waals surface area contributed by atoms with Gasteiger partial charge in [0.2, 0.25) is 0 Å². The number of pyridine rings is 1. The van der Waals surface area contributed by atoms with Gasteiger partial charge in [-0.25, -0.2) is 23.5 Å². The molecular formula is C16H12F2N4O4S2. The number of alkyl halides is 2. The van der Waals surface area contributed by atoms with Crippen molar-refractivity contribution < 1.29 is 27.9 Å². The monoisotopic (exact) mass is 426 g/mol. The highest BCUT2D eigenvalue weighted by atomic mass is 32.1. The van der Waals surface area contributed by atoms with Crippen molar-refractivity contribution in [2.45, 2.75) is 12.8 Å². The van der Waals surface area contributed by atoms with E-state index in [-0.39, 0.29) is 15.6 Å². The number of halogens is 2. The fourth-order valence-electron chi connectivity index (χ4n) is 2.00. The fraction of sp³-hybridized carbons (Fsp3) is 0.188. The number of carbonyl (C=O) groups is 3. The van der Waals surface area contributed by atoms with Crippen LogP contribution in [-0.4, -0.2) is 40.4 Å². The summed E-state index contributed by atoms with van der Waals surface area (Å²) in [7, 11) is 0. The van der Waals surface area contributed by atoms with E-state index in [1.54, 1.807) is 18.3 Å². The largest absolute Gasteiger partial charge is 0.443 e. The molecule has 2 N–H and O–H groups in total. The van der Waals surface area contributed by atoms with E-state index in [9.17, 15) is 23.2 Å². The molecule has 0 saturated carbocycles. The molecule has 3 aromatic rings. The molecule has 0 atom stereocenters. The minimum Gasteiger partial charge on any atom is -0.443 e. The molecule has 8 nitrogen and oxygen atoms in total. The molecule has 12 heteroatoms. The van der Waals surface area contributed by atoms with E-state index in [2.05, 4.69) is 20.0 Å². The van der Waals surface area contributed by atoms with Gasteiger partial charge in [-0.05, 0) is 23.6 Å². The number of fused-ring (bicyclic) bond motifs is 1. The number of hydrogen-bond acceptors (Lipinski definition) is 8. The average Bonchev–Trinajstić information content (AvgIpc) is 3.25. The summed E-state index contributed by atoms with van der Waals surface area (Å²) in [4.78, 5) is 44.2. The molecule has 3 aromatic heterocycles. The minimum absolute atomic E-state index is 0.0159. The van der Waals surface area contributed by atoms with Crippen molar-refractivity contribution in [1.29, 1.82) is 0 Å². The first-order valence-corrected chi connectivity index (χ1v) is 9.39. The number of ether oxygens (including phenoxy) is 1. The highest BCUT2D eigenvalue weighted by molar-refractivity contribution is 7.20. The van der Waals surface area contributed by atoms with Crippen LogP contribution in [0.1, 0.15) is 27.1 Å². The van der Waals surface area contributed by atoms with E-state index in [0.29, 0.717) is 12.6 Å². The van der Waals surface area contributed by atoms with E-state index < -0.39 is 30.4 Å². The Morgan fingerprint density at radius 2 is 2.04 bits per heavy atom. The second kappa shape index (κ2) is 7.94. The highest BCUT2D eigenvalue weighted by Gasteiger charge is 2.25. The number of aromatic nitrogens is 2. The van der Waals surface area contributed by atoms with Crippen molar-refractivity contribution in [1.82, 2.24) is 15.3 Å². The van der Waals surface area contributed by atoms with Gasteiger partial charge in [0.05, 0.1) is 10.3 Å². The molecule has 0 unspecified atom stereocenters. The third-order valence-corrected chi connectivity index (χ3v) is 5.01. The maximum Gasteiger partial charge on any atom is 0.414 e. The first-order chi connectivity index (χ1) is 13.2. The van der Waals surface area contributed by atoms with Gasteiger partial charge in [0.25, 0.3) is 17.7 Å². The van der Waals surface area contributed by atoms with E-state index in [1.165, 1.54) is 11.4 Å². The van der Waals surface area contributed by atoms with E-state index in [4.69, 9.17) is 0 Å². The first kappa shape index (κ1) is 19.8. The summed E-state index contributed by atoms with van der Waals surface area (Å²) in [5.74, 6) is -4.66. The van der Waals surface area contributed by atoms with Gasteiger partial charge in [-0.3, -0.25) is 14.9 Å². The van der Waals surface area contributed by atoms with Crippen LogP contribution in [0.25, 0.3) is 10.3 Å². The van der Waals surface area contributed by atoms with Crippen LogP contribution in [0.2, 0.25) is 0 Å². The molecule has 0 aliphatic carbocycles. The lowest BCUT2D eigenvalue weighted by atomic mass is 10.3. The highest BCUT2D eigenvalue weighted by Crippen LogP contribution is 2.26. The fourth-order valence-corrected chi connectivity index (χ4v) is 3.60. The molecule has 0 radical (unpaired) electrons. The summed E-state index contributed by atoms with van der Waals surface area (Å²) in [6, 6.07) is 4.86. The van der Waals surface area contributed by atoms with E-state index >= 15 is 0 Å². The van der Waals surface area contributed by atoms with Crippen LogP contribution in [0.3, 0.4) is 0 Å². The molecule has 0 spiro atoms. The Labute approximate surface area is 164 Å². The van der Waals surface area contributed by atoms with Crippen LogP contribution in [0.4, 0.5) is 18.6 Å². The number of thiazole rings is 1. The van der Waals surface area contributed by atoms with Crippen molar-refractivity contribution in [3.8, 4) is 0 Å². The molecule has 0 aliphatic heterocycles. The van der Waals surface area contributed by atoms with Gasteiger partial charge >= 0.3 is 6.09 Å². The van der Waals surface area contributed by atoms with Crippen molar-refractivity contribution in [2.75, 3.05) is 11.9 Å². The van der Waals surface area contributed by atoms with Gasteiger partial charge in [0, 0.05) is 13.1 Å². The topological polar surface area (TPSA) is 110 Å². The predicted octanol–water partition coefficient (Wildman–Crippen LogP) is 3.53. The van der Waals surface area contributed by atoms with Gasteiger partial charge in [-0.15, -0.1) is 22.7 Å². The van der Waals surface area contributed by atoms with Gasteiger partial charge in [0.15, 0.2) is 17.3 Å². The number of rotatable bonds is 5. The lowest BCUT2D eigenvalue weighted by Crippen LogP contribution is -2.34. The third kappa shape index (κ3) is 4.84. The second-order valence-electron chi connectivity index (χ2n) is 5.56. The van der Waals surface area contributed by atoms with Crippen molar-refractivity contribution in [3.63, 3.8) is 0 Å². The molecule has 0 aliphatic rings. The maximum absolute atomic E-state index is 12.7. The number of hydrogen-bond donors (Lipinski definition) is 2. The van der Waals surface area contributed by atoms with Gasteiger partial charge in [-0.1, -0.05) is 0 Å². The molecule has 0 bridgehead atoms. The van der Waals surface area contributed by atoms with E-state index in [1.807, 2.05) is 5.32 Å². The zero-order valence-corrected chi connectivity index (χ0v) is 15.8. The Balaban J connectivity index is 1.66. The quantitative estimate of drug-likeness (QED) is 0.646. The predicted molar refractivity (Wildman–Crippen MR) is 99.1 cm³/mol. The van der Waals surface area contributed by atoms with E-state index in [0.717, 1.165) is 27.4 Å².